The molecule has 2 heterocycles. The van der Waals surface area contributed by atoms with Gasteiger partial charge in [0.1, 0.15) is 0 Å². The van der Waals surface area contributed by atoms with E-state index in [1.54, 1.807) is 42.5 Å². The molecule has 2 N–H and O–H groups in total. The minimum absolute atomic E-state index is 0.0413. The second kappa shape index (κ2) is 7.62. The third-order valence-electron chi connectivity index (χ3n) is 3.41. The lowest BCUT2D eigenvalue weighted by Gasteiger charge is -2.10. The number of rotatable bonds is 6. The van der Waals surface area contributed by atoms with Crippen LogP contribution < -0.4 is 5.32 Å². The van der Waals surface area contributed by atoms with E-state index in [4.69, 9.17) is 0 Å². The number of amides is 1. The molecule has 6 nitrogen and oxygen atoms in total. The summed E-state index contributed by atoms with van der Waals surface area (Å²) in [4.78, 5) is 29.2. The zero-order valence-corrected chi connectivity index (χ0v) is 15.3. The topological polar surface area (TPSA) is 87.7 Å². The average Bonchev–Trinajstić information content (AvgIpc) is 3.26. The first kappa shape index (κ1) is 17.4. The first-order chi connectivity index (χ1) is 12.0. The van der Waals surface area contributed by atoms with E-state index in [1.165, 1.54) is 18.7 Å². The van der Waals surface area contributed by atoms with E-state index < -0.39 is 0 Å². The van der Waals surface area contributed by atoms with Gasteiger partial charge in [0.15, 0.2) is 11.6 Å². The number of nitrogens with zero attached hydrogens (tertiary/aromatic N) is 2. The van der Waals surface area contributed by atoms with E-state index in [0.717, 1.165) is 4.88 Å². The van der Waals surface area contributed by atoms with Crippen molar-refractivity contribution in [3.63, 3.8) is 0 Å². The second-order valence-electron chi connectivity index (χ2n) is 5.33. The van der Waals surface area contributed by atoms with Crippen LogP contribution in [0.25, 0.3) is 10.7 Å². The molecule has 0 aliphatic carbocycles. The van der Waals surface area contributed by atoms with Crippen LogP contribution in [0.15, 0.2) is 46.9 Å². The van der Waals surface area contributed by atoms with Crippen molar-refractivity contribution in [2.45, 2.75) is 24.3 Å². The Morgan fingerprint density at radius 3 is 2.84 bits per heavy atom. The Bertz CT molecular complexity index is 890. The number of nitrogens with one attached hydrogen (secondary N) is 2. The van der Waals surface area contributed by atoms with Crippen molar-refractivity contribution in [3.05, 3.63) is 47.3 Å². The molecule has 2 aromatic heterocycles. The SMILES string of the molecule is CC(=O)c1cccc(NC(=O)C(C)Sc2n[nH]c(-c3cccs3)n2)c1. The number of Topliss-reactive ketones (excluding diaryl/α,β-unsaturated/α-hetero) is 1. The molecule has 0 spiro atoms. The molecule has 0 saturated heterocycles. The molecule has 1 unspecified atom stereocenters. The molecule has 0 aliphatic rings. The fourth-order valence-corrected chi connectivity index (χ4v) is 3.48. The number of carbonyl (C=O) groups excluding carboxylic acids is 2. The number of thiophene rings is 1. The van der Waals surface area contributed by atoms with Crippen LogP contribution in [0.3, 0.4) is 0 Å². The van der Waals surface area contributed by atoms with Crippen molar-refractivity contribution in [1.82, 2.24) is 15.2 Å². The van der Waals surface area contributed by atoms with E-state index in [-0.39, 0.29) is 16.9 Å². The maximum atomic E-state index is 12.4. The largest absolute Gasteiger partial charge is 0.325 e. The number of hydrogen-bond donors (Lipinski definition) is 2. The Kier molecular flexibility index (Phi) is 5.30. The normalized spacial score (nSPS) is 11.9. The zero-order valence-electron chi connectivity index (χ0n) is 13.6. The summed E-state index contributed by atoms with van der Waals surface area (Å²) in [5.74, 6) is 0.479. The van der Waals surface area contributed by atoms with E-state index in [2.05, 4.69) is 20.5 Å². The Morgan fingerprint density at radius 2 is 2.12 bits per heavy atom. The lowest BCUT2D eigenvalue weighted by Crippen LogP contribution is -2.22. The van der Waals surface area contributed by atoms with Crippen LogP contribution >= 0.6 is 23.1 Å². The Labute approximate surface area is 153 Å². The maximum Gasteiger partial charge on any atom is 0.237 e. The molecular formula is C17H16N4O2S2. The van der Waals surface area contributed by atoms with Crippen molar-refractivity contribution in [1.29, 1.82) is 0 Å². The maximum absolute atomic E-state index is 12.4. The number of aromatic nitrogens is 3. The third kappa shape index (κ3) is 4.34. The summed E-state index contributed by atoms with van der Waals surface area (Å²) >= 11 is 2.84. The molecule has 0 bridgehead atoms. The molecule has 8 heteroatoms. The zero-order chi connectivity index (χ0) is 17.8. The summed E-state index contributed by atoms with van der Waals surface area (Å²) in [7, 11) is 0. The molecule has 128 valence electrons. The quantitative estimate of drug-likeness (QED) is 0.507. The molecule has 1 amide bonds. The van der Waals surface area contributed by atoms with Crippen LogP contribution in [0.4, 0.5) is 5.69 Å². The monoisotopic (exact) mass is 372 g/mol. The summed E-state index contributed by atoms with van der Waals surface area (Å²) in [5.41, 5.74) is 1.16. The van der Waals surface area contributed by atoms with Gasteiger partial charge in [-0.25, -0.2) is 4.98 Å². The molecule has 1 aromatic carbocycles. The van der Waals surface area contributed by atoms with Gasteiger partial charge in [-0.05, 0) is 37.4 Å². The van der Waals surface area contributed by atoms with Crippen molar-refractivity contribution in [3.8, 4) is 10.7 Å². The predicted octanol–water partition coefficient (Wildman–Crippen LogP) is 3.86. The molecule has 1 atom stereocenters. The molecule has 0 radical (unpaired) electrons. The smallest absolute Gasteiger partial charge is 0.237 e. The van der Waals surface area contributed by atoms with Gasteiger partial charge >= 0.3 is 0 Å². The van der Waals surface area contributed by atoms with E-state index in [1.807, 2.05) is 17.5 Å². The lowest BCUT2D eigenvalue weighted by atomic mass is 10.1. The highest BCUT2D eigenvalue weighted by Crippen LogP contribution is 2.25. The van der Waals surface area contributed by atoms with Crippen LogP contribution in [0, 0.1) is 0 Å². The van der Waals surface area contributed by atoms with Gasteiger partial charge in [-0.1, -0.05) is 30.0 Å². The fraction of sp³-hybridized carbons (Fsp3) is 0.176. The minimum Gasteiger partial charge on any atom is -0.325 e. The van der Waals surface area contributed by atoms with Gasteiger partial charge in [0.25, 0.3) is 0 Å². The highest BCUT2D eigenvalue weighted by atomic mass is 32.2. The van der Waals surface area contributed by atoms with Crippen LogP contribution in [0.5, 0.6) is 0 Å². The van der Waals surface area contributed by atoms with E-state index >= 15 is 0 Å². The number of hydrogen-bond acceptors (Lipinski definition) is 6. The first-order valence-electron chi connectivity index (χ1n) is 7.58. The van der Waals surface area contributed by atoms with Gasteiger partial charge in [-0.3, -0.25) is 14.7 Å². The van der Waals surface area contributed by atoms with Gasteiger partial charge in [0.05, 0.1) is 10.1 Å². The number of thioether (sulfide) groups is 1. The van der Waals surface area contributed by atoms with Crippen molar-refractivity contribution in [2.24, 2.45) is 0 Å². The van der Waals surface area contributed by atoms with E-state index in [0.29, 0.717) is 22.2 Å². The third-order valence-corrected chi connectivity index (χ3v) is 5.25. The predicted molar refractivity (Wildman–Crippen MR) is 100 cm³/mol. The summed E-state index contributed by atoms with van der Waals surface area (Å²) in [6, 6.07) is 10.8. The Morgan fingerprint density at radius 1 is 1.28 bits per heavy atom. The molecule has 3 aromatic rings. The van der Waals surface area contributed by atoms with Gasteiger partial charge in [-0.2, -0.15) is 0 Å². The number of H-pyrrole nitrogens is 1. The van der Waals surface area contributed by atoms with Gasteiger partial charge in [0, 0.05) is 11.3 Å². The average molecular weight is 372 g/mol. The highest BCUT2D eigenvalue weighted by molar-refractivity contribution is 8.00. The summed E-state index contributed by atoms with van der Waals surface area (Å²) in [6.07, 6.45) is 0. The molecule has 0 fully saturated rings. The summed E-state index contributed by atoms with van der Waals surface area (Å²) < 4.78 is 0. The highest BCUT2D eigenvalue weighted by Gasteiger charge is 2.18. The standard InChI is InChI=1S/C17H16N4O2S2/c1-10(22)12-5-3-6-13(9-12)18-16(23)11(2)25-17-19-15(20-21-17)14-7-4-8-24-14/h3-9,11H,1-2H3,(H,18,23)(H,19,20,21). The second-order valence-corrected chi connectivity index (χ2v) is 7.59. The summed E-state index contributed by atoms with van der Waals surface area (Å²) in [5, 5.41) is 11.9. The number of carbonyl (C=O) groups is 2. The Balaban J connectivity index is 1.63. The number of benzene rings is 1. The van der Waals surface area contributed by atoms with Gasteiger partial charge in [0.2, 0.25) is 11.1 Å². The molecule has 0 saturated carbocycles. The summed E-state index contributed by atoms with van der Waals surface area (Å²) in [6.45, 7) is 3.28. The van der Waals surface area contributed by atoms with Crippen molar-refractivity contribution in [2.75, 3.05) is 5.32 Å². The number of aromatic amines is 1. The molecule has 3 rings (SSSR count). The van der Waals surface area contributed by atoms with Gasteiger partial charge in [-0.15, -0.1) is 16.4 Å². The van der Waals surface area contributed by atoms with Crippen LogP contribution in [-0.4, -0.2) is 32.1 Å². The van der Waals surface area contributed by atoms with Crippen molar-refractivity contribution >= 4 is 40.5 Å². The van der Waals surface area contributed by atoms with Gasteiger partial charge < -0.3 is 5.32 Å². The fourth-order valence-electron chi connectivity index (χ4n) is 2.09. The van der Waals surface area contributed by atoms with Crippen molar-refractivity contribution < 1.29 is 9.59 Å². The van der Waals surface area contributed by atoms with E-state index in [9.17, 15) is 9.59 Å². The number of anilines is 1. The van der Waals surface area contributed by atoms with Crippen LogP contribution in [0.1, 0.15) is 24.2 Å². The molecule has 0 aliphatic heterocycles. The minimum atomic E-state index is -0.382. The molecular weight excluding hydrogens is 356 g/mol. The Hall–Kier alpha value is -2.45. The lowest BCUT2D eigenvalue weighted by molar-refractivity contribution is -0.115. The first-order valence-corrected chi connectivity index (χ1v) is 9.33. The molecule has 25 heavy (non-hydrogen) atoms. The van der Waals surface area contributed by atoms with Crippen LogP contribution in [0.2, 0.25) is 0 Å². The number of ketones is 1. The van der Waals surface area contributed by atoms with Crippen LogP contribution in [-0.2, 0) is 4.79 Å².